The van der Waals surface area contributed by atoms with Crippen LogP contribution in [-0.4, -0.2) is 45.2 Å². The molecule has 6 nitrogen and oxygen atoms in total. The molecular formula is C23H43N3O3. The Labute approximate surface area is 177 Å². The van der Waals surface area contributed by atoms with Crippen LogP contribution in [0.25, 0.3) is 0 Å². The number of amides is 2. The van der Waals surface area contributed by atoms with Gasteiger partial charge in [-0.2, -0.15) is 5.06 Å². The molecule has 6 heteroatoms. The second kappa shape index (κ2) is 11.1. The number of hydrogen-bond donors (Lipinski definition) is 3. The SMILES string of the molecule is CCCCC(=O)NC(/C=C/CC(=O)NC1CC(C)(C)N(O)C(C)(C)C1)CC(C)C. The molecule has 0 radical (unpaired) electrons. The van der Waals surface area contributed by atoms with Crippen molar-refractivity contribution in [3.8, 4) is 0 Å². The first kappa shape index (κ1) is 25.6. The minimum atomic E-state index is -0.388. The maximum absolute atomic E-state index is 12.5. The van der Waals surface area contributed by atoms with Crippen LogP contribution in [0.2, 0.25) is 0 Å². The highest BCUT2D eigenvalue weighted by Crippen LogP contribution is 2.36. The van der Waals surface area contributed by atoms with Crippen molar-refractivity contribution in [3.63, 3.8) is 0 Å². The fraction of sp³-hybridized carbons (Fsp3) is 0.826. The summed E-state index contributed by atoms with van der Waals surface area (Å²) in [6.07, 6.45) is 8.81. The van der Waals surface area contributed by atoms with Crippen molar-refractivity contribution in [2.45, 2.75) is 117 Å². The van der Waals surface area contributed by atoms with Crippen molar-refractivity contribution in [1.82, 2.24) is 15.7 Å². The van der Waals surface area contributed by atoms with E-state index in [1.54, 1.807) is 0 Å². The van der Waals surface area contributed by atoms with Gasteiger partial charge in [-0.05, 0) is 59.3 Å². The van der Waals surface area contributed by atoms with E-state index in [-0.39, 0.29) is 35.0 Å². The minimum Gasteiger partial charge on any atom is -0.353 e. The lowest BCUT2D eigenvalue weighted by Crippen LogP contribution is -2.62. The molecule has 3 N–H and O–H groups in total. The number of hydrogen-bond acceptors (Lipinski definition) is 4. The Morgan fingerprint density at radius 2 is 1.72 bits per heavy atom. The third kappa shape index (κ3) is 8.87. The van der Waals surface area contributed by atoms with Crippen molar-refractivity contribution in [2.24, 2.45) is 5.92 Å². The van der Waals surface area contributed by atoms with Gasteiger partial charge in [-0.15, -0.1) is 0 Å². The Morgan fingerprint density at radius 3 is 2.24 bits per heavy atom. The van der Waals surface area contributed by atoms with Gasteiger partial charge in [-0.3, -0.25) is 9.59 Å². The zero-order valence-electron chi connectivity index (χ0n) is 19.5. The first-order valence-electron chi connectivity index (χ1n) is 11.1. The Balaban J connectivity index is 2.59. The first-order valence-corrected chi connectivity index (χ1v) is 11.1. The van der Waals surface area contributed by atoms with Crippen LogP contribution < -0.4 is 10.6 Å². The zero-order valence-corrected chi connectivity index (χ0v) is 19.5. The van der Waals surface area contributed by atoms with Gasteiger partial charge in [0.2, 0.25) is 11.8 Å². The van der Waals surface area contributed by atoms with Crippen LogP contribution in [-0.2, 0) is 9.59 Å². The number of carbonyl (C=O) groups is 2. The van der Waals surface area contributed by atoms with E-state index >= 15 is 0 Å². The van der Waals surface area contributed by atoms with Crippen LogP contribution in [0.1, 0.15) is 93.4 Å². The zero-order chi connectivity index (χ0) is 22.2. The lowest BCUT2D eigenvalue weighted by molar-refractivity contribution is -0.246. The number of nitrogens with one attached hydrogen (secondary N) is 2. The third-order valence-corrected chi connectivity index (χ3v) is 5.50. The van der Waals surface area contributed by atoms with E-state index in [1.165, 1.54) is 5.06 Å². The molecule has 1 rings (SSSR count). The molecule has 2 amide bonds. The average Bonchev–Trinajstić information content (AvgIpc) is 2.56. The van der Waals surface area contributed by atoms with Gasteiger partial charge in [0.25, 0.3) is 0 Å². The van der Waals surface area contributed by atoms with Crippen molar-refractivity contribution < 1.29 is 14.8 Å². The number of rotatable bonds is 10. The number of carbonyl (C=O) groups excluding carboxylic acids is 2. The smallest absolute Gasteiger partial charge is 0.224 e. The Morgan fingerprint density at radius 1 is 1.14 bits per heavy atom. The maximum atomic E-state index is 12.5. The van der Waals surface area contributed by atoms with E-state index in [2.05, 4.69) is 31.4 Å². The van der Waals surface area contributed by atoms with Gasteiger partial charge in [-0.1, -0.05) is 39.3 Å². The monoisotopic (exact) mass is 409 g/mol. The highest BCUT2D eigenvalue weighted by Gasteiger charge is 2.45. The van der Waals surface area contributed by atoms with Gasteiger partial charge in [-0.25, -0.2) is 0 Å². The number of unbranched alkanes of at least 4 members (excludes halogenated alkanes) is 1. The second-order valence-electron chi connectivity index (χ2n) is 10.1. The number of piperidine rings is 1. The fourth-order valence-electron chi connectivity index (χ4n) is 4.31. The summed E-state index contributed by atoms with van der Waals surface area (Å²) in [6, 6.07) is -0.00726. The molecule has 29 heavy (non-hydrogen) atoms. The molecule has 0 aromatic rings. The Hall–Kier alpha value is -1.40. The summed E-state index contributed by atoms with van der Waals surface area (Å²) in [4.78, 5) is 24.5. The number of nitrogens with zero attached hydrogens (tertiary/aromatic N) is 1. The summed E-state index contributed by atoms with van der Waals surface area (Å²) in [5, 5.41) is 18.0. The van der Waals surface area contributed by atoms with Gasteiger partial charge < -0.3 is 15.8 Å². The normalized spacial score (nSPS) is 20.7. The second-order valence-corrected chi connectivity index (χ2v) is 10.1. The minimum absolute atomic E-state index is 0.0233. The predicted octanol–water partition coefficient (Wildman–Crippen LogP) is 4.18. The molecule has 0 spiro atoms. The lowest BCUT2D eigenvalue weighted by atomic mass is 9.79. The topological polar surface area (TPSA) is 81.7 Å². The molecule has 1 atom stereocenters. The molecule has 1 saturated heterocycles. The van der Waals surface area contributed by atoms with Gasteiger partial charge in [0.15, 0.2) is 0 Å². The van der Waals surface area contributed by atoms with Crippen LogP contribution in [0.4, 0.5) is 0 Å². The molecule has 1 fully saturated rings. The Kier molecular flexibility index (Phi) is 9.83. The molecule has 1 aliphatic heterocycles. The van der Waals surface area contributed by atoms with Crippen LogP contribution in [0, 0.1) is 5.92 Å². The molecule has 0 bridgehead atoms. The number of hydroxylamine groups is 2. The van der Waals surface area contributed by atoms with E-state index in [9.17, 15) is 14.8 Å². The standard InChI is InChI=1S/C23H43N3O3/c1-8-9-12-20(27)24-18(14-17(2)3)11-10-13-21(28)25-19-15-22(4,5)26(29)23(6,7)16-19/h10-11,17-19,29H,8-9,12-16H2,1-7H3,(H,24,27)(H,25,28)/b11-10+. The van der Waals surface area contributed by atoms with E-state index < -0.39 is 0 Å². The van der Waals surface area contributed by atoms with Crippen molar-refractivity contribution in [2.75, 3.05) is 0 Å². The molecule has 168 valence electrons. The molecule has 0 aromatic heterocycles. The van der Waals surface area contributed by atoms with Gasteiger partial charge >= 0.3 is 0 Å². The van der Waals surface area contributed by atoms with E-state index in [0.29, 0.717) is 31.6 Å². The molecule has 0 saturated carbocycles. The highest BCUT2D eigenvalue weighted by atomic mass is 16.5. The Bertz CT molecular complexity index is 552. The molecule has 1 aliphatic rings. The molecule has 0 aromatic carbocycles. The summed E-state index contributed by atoms with van der Waals surface area (Å²) in [5.41, 5.74) is -0.776. The van der Waals surface area contributed by atoms with Crippen LogP contribution in [0.15, 0.2) is 12.2 Å². The van der Waals surface area contributed by atoms with Crippen LogP contribution in [0.5, 0.6) is 0 Å². The highest BCUT2D eigenvalue weighted by molar-refractivity contribution is 5.78. The van der Waals surface area contributed by atoms with Gasteiger partial charge in [0.05, 0.1) is 0 Å². The van der Waals surface area contributed by atoms with Gasteiger partial charge in [0.1, 0.15) is 0 Å². The quantitative estimate of drug-likeness (QED) is 0.473. The summed E-state index contributed by atoms with van der Waals surface area (Å²) < 4.78 is 0. The fourth-order valence-corrected chi connectivity index (χ4v) is 4.31. The van der Waals surface area contributed by atoms with Crippen molar-refractivity contribution >= 4 is 11.8 Å². The van der Waals surface area contributed by atoms with Crippen LogP contribution >= 0.6 is 0 Å². The van der Waals surface area contributed by atoms with E-state index in [1.807, 2.05) is 39.8 Å². The summed E-state index contributed by atoms with van der Waals surface area (Å²) in [7, 11) is 0. The molecular weight excluding hydrogens is 366 g/mol. The summed E-state index contributed by atoms with van der Waals surface area (Å²) in [5.74, 6) is 0.509. The largest absolute Gasteiger partial charge is 0.353 e. The predicted molar refractivity (Wildman–Crippen MR) is 118 cm³/mol. The summed E-state index contributed by atoms with van der Waals surface area (Å²) in [6.45, 7) is 14.3. The van der Waals surface area contributed by atoms with E-state index in [4.69, 9.17) is 0 Å². The van der Waals surface area contributed by atoms with E-state index in [0.717, 1.165) is 19.3 Å². The molecule has 0 aliphatic carbocycles. The molecule has 1 unspecified atom stereocenters. The summed E-state index contributed by atoms with van der Waals surface area (Å²) >= 11 is 0. The van der Waals surface area contributed by atoms with Crippen molar-refractivity contribution in [3.05, 3.63) is 12.2 Å². The maximum Gasteiger partial charge on any atom is 0.224 e. The third-order valence-electron chi connectivity index (χ3n) is 5.50. The van der Waals surface area contributed by atoms with Crippen LogP contribution in [0.3, 0.4) is 0 Å². The lowest BCUT2D eigenvalue weighted by Gasteiger charge is -2.51. The molecule has 1 heterocycles. The first-order chi connectivity index (χ1) is 13.4. The van der Waals surface area contributed by atoms with Crippen molar-refractivity contribution in [1.29, 1.82) is 0 Å². The average molecular weight is 410 g/mol. The van der Waals surface area contributed by atoms with Gasteiger partial charge in [0, 0.05) is 36.0 Å².